The van der Waals surface area contributed by atoms with Gasteiger partial charge in [0.15, 0.2) is 0 Å². The molecule has 0 saturated heterocycles. The molecule has 1 atom stereocenters. The predicted octanol–water partition coefficient (Wildman–Crippen LogP) is 4.02. The first kappa shape index (κ1) is 12.1. The lowest BCUT2D eigenvalue weighted by Crippen LogP contribution is -2.20. The zero-order chi connectivity index (χ0) is 11.2. The summed E-state index contributed by atoms with van der Waals surface area (Å²) < 4.78 is 0. The van der Waals surface area contributed by atoms with Gasteiger partial charge in [-0.15, -0.1) is 11.3 Å². The summed E-state index contributed by atoms with van der Waals surface area (Å²) >= 11 is 1.95. The molecular formula is C14H23NS. The highest BCUT2D eigenvalue weighted by Gasteiger charge is 2.25. The molecule has 0 aromatic carbocycles. The van der Waals surface area contributed by atoms with Gasteiger partial charge in [-0.1, -0.05) is 25.3 Å². The second kappa shape index (κ2) is 6.41. The average Bonchev–Trinajstić information content (AvgIpc) is 2.85. The van der Waals surface area contributed by atoms with Gasteiger partial charge in [-0.25, -0.2) is 0 Å². The van der Waals surface area contributed by atoms with Gasteiger partial charge < -0.3 is 5.32 Å². The molecule has 0 radical (unpaired) electrons. The van der Waals surface area contributed by atoms with Crippen LogP contribution in [0.25, 0.3) is 0 Å². The van der Waals surface area contributed by atoms with Crippen molar-refractivity contribution in [2.75, 3.05) is 13.6 Å². The molecule has 1 aromatic rings. The average molecular weight is 237 g/mol. The summed E-state index contributed by atoms with van der Waals surface area (Å²) in [6.07, 6.45) is 8.57. The Balaban J connectivity index is 2.01. The van der Waals surface area contributed by atoms with Gasteiger partial charge in [0.25, 0.3) is 0 Å². The van der Waals surface area contributed by atoms with Crippen LogP contribution in [0.3, 0.4) is 0 Å². The Labute approximate surface area is 103 Å². The molecule has 90 valence electrons. The molecule has 16 heavy (non-hydrogen) atoms. The number of hydrogen-bond donors (Lipinski definition) is 1. The van der Waals surface area contributed by atoms with Crippen LogP contribution >= 0.6 is 11.3 Å². The third-order valence-corrected chi connectivity index (χ3v) is 4.84. The fraction of sp³-hybridized carbons (Fsp3) is 0.714. The van der Waals surface area contributed by atoms with E-state index in [1.54, 1.807) is 4.88 Å². The quantitative estimate of drug-likeness (QED) is 0.815. The fourth-order valence-electron chi connectivity index (χ4n) is 2.95. The minimum Gasteiger partial charge on any atom is -0.320 e. The van der Waals surface area contributed by atoms with E-state index in [-0.39, 0.29) is 0 Å². The maximum Gasteiger partial charge on any atom is 0.00794 e. The van der Waals surface area contributed by atoms with Gasteiger partial charge >= 0.3 is 0 Å². The summed E-state index contributed by atoms with van der Waals surface area (Å²) in [7, 11) is 2.06. The van der Waals surface area contributed by atoms with Crippen LogP contribution in [0.2, 0.25) is 0 Å². The van der Waals surface area contributed by atoms with Crippen molar-refractivity contribution in [2.24, 2.45) is 5.92 Å². The van der Waals surface area contributed by atoms with Crippen LogP contribution in [0.4, 0.5) is 0 Å². The van der Waals surface area contributed by atoms with Crippen molar-refractivity contribution < 1.29 is 0 Å². The van der Waals surface area contributed by atoms with Crippen molar-refractivity contribution >= 4 is 11.3 Å². The molecule has 1 saturated carbocycles. The lowest BCUT2D eigenvalue weighted by Gasteiger charge is -2.29. The molecule has 1 nitrogen and oxygen atoms in total. The predicted molar refractivity (Wildman–Crippen MR) is 72.2 cm³/mol. The lowest BCUT2D eigenvalue weighted by atomic mass is 9.78. The molecule has 1 heterocycles. The van der Waals surface area contributed by atoms with E-state index < -0.39 is 0 Å². The van der Waals surface area contributed by atoms with Crippen LogP contribution in [0.15, 0.2) is 17.5 Å². The van der Waals surface area contributed by atoms with Gasteiger partial charge in [0, 0.05) is 4.88 Å². The van der Waals surface area contributed by atoms with Crippen LogP contribution in [0, 0.1) is 5.92 Å². The second-order valence-corrected chi connectivity index (χ2v) is 5.89. The molecule has 2 rings (SSSR count). The fourth-order valence-corrected chi connectivity index (χ4v) is 3.91. The van der Waals surface area contributed by atoms with E-state index in [1.807, 2.05) is 11.3 Å². The van der Waals surface area contributed by atoms with Gasteiger partial charge in [-0.05, 0) is 56.1 Å². The number of thiophene rings is 1. The van der Waals surface area contributed by atoms with Crippen molar-refractivity contribution in [1.29, 1.82) is 0 Å². The maximum absolute atomic E-state index is 3.30. The highest BCUT2D eigenvalue weighted by atomic mass is 32.1. The van der Waals surface area contributed by atoms with Crippen LogP contribution in [0.1, 0.15) is 49.3 Å². The number of rotatable bonds is 5. The molecule has 1 N–H and O–H groups in total. The van der Waals surface area contributed by atoms with Crippen molar-refractivity contribution in [3.63, 3.8) is 0 Å². The standard InChI is InChI=1S/C14H23NS/c1-15-10-9-13(14-8-5-11-16-14)12-6-3-2-4-7-12/h5,8,11-13,15H,2-4,6-7,9-10H2,1H3. The maximum atomic E-state index is 3.30. The van der Waals surface area contributed by atoms with Crippen molar-refractivity contribution in [2.45, 2.75) is 44.4 Å². The van der Waals surface area contributed by atoms with Gasteiger partial charge in [0.05, 0.1) is 0 Å². The van der Waals surface area contributed by atoms with Gasteiger partial charge in [-0.3, -0.25) is 0 Å². The van der Waals surface area contributed by atoms with Gasteiger partial charge in [0.2, 0.25) is 0 Å². The van der Waals surface area contributed by atoms with Gasteiger partial charge in [-0.2, -0.15) is 0 Å². The topological polar surface area (TPSA) is 12.0 Å². The van der Waals surface area contributed by atoms with Crippen molar-refractivity contribution in [3.05, 3.63) is 22.4 Å². The summed E-state index contributed by atoms with van der Waals surface area (Å²) in [5.41, 5.74) is 0. The Hall–Kier alpha value is -0.340. The van der Waals surface area contributed by atoms with E-state index in [4.69, 9.17) is 0 Å². The Kier molecular flexibility index (Phi) is 4.86. The summed E-state index contributed by atoms with van der Waals surface area (Å²) in [6.45, 7) is 1.15. The minimum absolute atomic E-state index is 0.813. The molecule has 0 spiro atoms. The van der Waals surface area contributed by atoms with E-state index in [0.29, 0.717) is 0 Å². The van der Waals surface area contributed by atoms with E-state index in [2.05, 4.69) is 29.9 Å². The SMILES string of the molecule is CNCCC(c1cccs1)C1CCCCC1. The molecule has 0 aliphatic heterocycles. The highest BCUT2D eigenvalue weighted by molar-refractivity contribution is 7.10. The van der Waals surface area contributed by atoms with E-state index in [1.165, 1.54) is 38.5 Å². The molecule has 1 aliphatic rings. The van der Waals surface area contributed by atoms with Crippen LogP contribution in [0.5, 0.6) is 0 Å². The summed E-state index contributed by atoms with van der Waals surface area (Å²) in [5, 5.41) is 5.53. The van der Waals surface area contributed by atoms with Crippen LogP contribution in [-0.4, -0.2) is 13.6 Å². The lowest BCUT2D eigenvalue weighted by molar-refractivity contribution is 0.296. The van der Waals surface area contributed by atoms with Crippen molar-refractivity contribution in [3.8, 4) is 0 Å². The Bertz CT molecular complexity index is 275. The monoisotopic (exact) mass is 237 g/mol. The first-order chi connectivity index (χ1) is 7.92. The third-order valence-electron chi connectivity index (χ3n) is 3.83. The molecular weight excluding hydrogens is 214 g/mol. The van der Waals surface area contributed by atoms with E-state index in [9.17, 15) is 0 Å². The number of nitrogens with one attached hydrogen (secondary N) is 1. The number of hydrogen-bond acceptors (Lipinski definition) is 2. The van der Waals surface area contributed by atoms with Gasteiger partial charge in [0.1, 0.15) is 0 Å². The largest absolute Gasteiger partial charge is 0.320 e. The van der Waals surface area contributed by atoms with Crippen LogP contribution in [-0.2, 0) is 0 Å². The zero-order valence-corrected chi connectivity index (χ0v) is 11.1. The molecule has 1 fully saturated rings. The molecule has 1 aromatic heterocycles. The first-order valence-electron chi connectivity index (χ1n) is 6.60. The smallest absolute Gasteiger partial charge is 0.00794 e. The Morgan fingerprint density at radius 2 is 2.19 bits per heavy atom. The molecule has 1 unspecified atom stereocenters. The van der Waals surface area contributed by atoms with Crippen LogP contribution < -0.4 is 5.32 Å². The zero-order valence-electron chi connectivity index (χ0n) is 10.2. The normalized spacial score (nSPS) is 19.8. The molecule has 0 amide bonds. The Morgan fingerprint density at radius 3 is 2.81 bits per heavy atom. The Morgan fingerprint density at radius 1 is 1.38 bits per heavy atom. The second-order valence-electron chi connectivity index (χ2n) is 4.91. The summed E-state index contributed by atoms with van der Waals surface area (Å²) in [4.78, 5) is 1.61. The summed E-state index contributed by atoms with van der Waals surface area (Å²) in [5.74, 6) is 1.76. The van der Waals surface area contributed by atoms with E-state index in [0.717, 1.165) is 18.4 Å². The summed E-state index contributed by atoms with van der Waals surface area (Å²) in [6, 6.07) is 4.54. The van der Waals surface area contributed by atoms with Crippen molar-refractivity contribution in [1.82, 2.24) is 5.32 Å². The molecule has 2 heteroatoms. The molecule has 0 bridgehead atoms. The molecule has 1 aliphatic carbocycles. The third kappa shape index (κ3) is 3.08. The van der Waals surface area contributed by atoms with E-state index >= 15 is 0 Å². The first-order valence-corrected chi connectivity index (χ1v) is 7.48. The highest BCUT2D eigenvalue weighted by Crippen LogP contribution is 2.39. The minimum atomic E-state index is 0.813.